The van der Waals surface area contributed by atoms with Crippen LogP contribution in [-0.4, -0.2) is 20.8 Å². The van der Waals surface area contributed by atoms with Crippen LogP contribution < -0.4 is 10.6 Å². The molecular weight excluding hydrogens is 322 g/mol. The number of rotatable bonds is 4. The van der Waals surface area contributed by atoms with Crippen LogP contribution in [0.2, 0.25) is 0 Å². The number of anilines is 1. The Morgan fingerprint density at radius 2 is 2.12 bits per heavy atom. The van der Waals surface area contributed by atoms with Gasteiger partial charge in [0.25, 0.3) is 0 Å². The molecule has 2 aromatic heterocycles. The number of nitrogens with zero attached hydrogens (tertiary/aromatic N) is 3. The zero-order valence-electron chi connectivity index (χ0n) is 13.0. The fourth-order valence-electron chi connectivity index (χ4n) is 2.92. The van der Waals surface area contributed by atoms with Crippen LogP contribution in [0.5, 0.6) is 0 Å². The van der Waals surface area contributed by atoms with Crippen molar-refractivity contribution in [2.75, 3.05) is 5.32 Å². The predicted octanol–water partition coefficient (Wildman–Crippen LogP) is 3.14. The van der Waals surface area contributed by atoms with E-state index in [9.17, 15) is 4.79 Å². The van der Waals surface area contributed by atoms with Crippen molar-refractivity contribution in [3.8, 4) is 5.69 Å². The fourth-order valence-corrected chi connectivity index (χ4v) is 3.48. The van der Waals surface area contributed by atoms with Crippen molar-refractivity contribution >= 4 is 23.2 Å². The van der Waals surface area contributed by atoms with Crippen LogP contribution in [0.3, 0.4) is 0 Å². The zero-order chi connectivity index (χ0) is 16.4. The smallest absolute Gasteiger partial charge is 0.320 e. The van der Waals surface area contributed by atoms with E-state index < -0.39 is 0 Å². The number of thiazole rings is 1. The van der Waals surface area contributed by atoms with E-state index in [0.29, 0.717) is 6.54 Å². The van der Waals surface area contributed by atoms with Crippen molar-refractivity contribution in [3.05, 3.63) is 58.2 Å². The average molecular weight is 339 g/mol. The van der Waals surface area contributed by atoms with Crippen LogP contribution in [0.1, 0.15) is 22.7 Å². The molecule has 1 aromatic carbocycles. The molecule has 0 saturated carbocycles. The fraction of sp³-hybridized carbons (Fsp3) is 0.235. The molecule has 0 saturated heterocycles. The zero-order valence-corrected chi connectivity index (χ0v) is 13.8. The standard InChI is InChI=1S/C17H17N5OS/c23-17(19-11-15-18-9-10-24-15)20-16-13-7-4-8-14(13)21-22(16)12-5-2-1-3-6-12/h1-3,5-6,9-10H,4,7-8,11H2,(H2,19,20,23). The summed E-state index contributed by atoms with van der Waals surface area (Å²) in [6, 6.07) is 9.64. The number of carbonyl (C=O) groups is 1. The summed E-state index contributed by atoms with van der Waals surface area (Å²) < 4.78 is 1.83. The van der Waals surface area contributed by atoms with Crippen molar-refractivity contribution in [1.82, 2.24) is 20.1 Å². The van der Waals surface area contributed by atoms with Gasteiger partial charge in [0, 0.05) is 17.1 Å². The van der Waals surface area contributed by atoms with E-state index in [1.165, 1.54) is 11.3 Å². The maximum absolute atomic E-state index is 12.3. The van der Waals surface area contributed by atoms with Gasteiger partial charge in [-0.15, -0.1) is 11.3 Å². The number of carbonyl (C=O) groups excluding carboxylic acids is 1. The summed E-state index contributed by atoms with van der Waals surface area (Å²) in [5.74, 6) is 0.769. The molecule has 2 N–H and O–H groups in total. The van der Waals surface area contributed by atoms with Crippen LogP contribution in [0.4, 0.5) is 10.6 Å². The molecule has 0 fully saturated rings. The number of para-hydroxylation sites is 1. The van der Waals surface area contributed by atoms with Crippen LogP contribution in [0.25, 0.3) is 5.69 Å². The van der Waals surface area contributed by atoms with E-state index in [-0.39, 0.29) is 6.03 Å². The summed E-state index contributed by atoms with van der Waals surface area (Å²) >= 11 is 1.52. The van der Waals surface area contributed by atoms with E-state index in [1.54, 1.807) is 6.20 Å². The first-order valence-corrected chi connectivity index (χ1v) is 8.78. The van der Waals surface area contributed by atoms with Gasteiger partial charge >= 0.3 is 6.03 Å². The molecule has 0 bridgehead atoms. The Kier molecular flexibility index (Phi) is 4.00. The number of benzene rings is 1. The summed E-state index contributed by atoms with van der Waals surface area (Å²) in [4.78, 5) is 16.5. The number of hydrogen-bond acceptors (Lipinski definition) is 4. The molecule has 0 unspecified atom stereocenters. The summed E-state index contributed by atoms with van der Waals surface area (Å²) in [6.45, 7) is 0.422. The molecule has 0 atom stereocenters. The molecule has 7 heteroatoms. The van der Waals surface area contributed by atoms with Gasteiger partial charge in [-0.25, -0.2) is 14.5 Å². The van der Waals surface area contributed by atoms with Gasteiger partial charge in [-0.2, -0.15) is 5.10 Å². The monoisotopic (exact) mass is 339 g/mol. The number of nitrogens with one attached hydrogen (secondary N) is 2. The molecule has 4 rings (SSSR count). The van der Waals surface area contributed by atoms with Crippen molar-refractivity contribution in [2.45, 2.75) is 25.8 Å². The van der Waals surface area contributed by atoms with Crippen LogP contribution in [0.15, 0.2) is 41.9 Å². The summed E-state index contributed by atoms with van der Waals surface area (Å²) in [6.07, 6.45) is 4.73. The predicted molar refractivity (Wildman–Crippen MR) is 93.6 cm³/mol. The average Bonchev–Trinajstić information content (AvgIpc) is 3.33. The number of aryl methyl sites for hydroxylation is 1. The van der Waals surface area contributed by atoms with Crippen LogP contribution >= 0.6 is 11.3 Å². The van der Waals surface area contributed by atoms with Gasteiger partial charge in [-0.3, -0.25) is 5.32 Å². The molecule has 122 valence electrons. The van der Waals surface area contributed by atoms with E-state index in [1.807, 2.05) is 40.4 Å². The van der Waals surface area contributed by atoms with Crippen LogP contribution in [-0.2, 0) is 19.4 Å². The van der Waals surface area contributed by atoms with Gasteiger partial charge in [-0.1, -0.05) is 18.2 Å². The number of urea groups is 1. The topological polar surface area (TPSA) is 71.8 Å². The van der Waals surface area contributed by atoms with Crippen molar-refractivity contribution < 1.29 is 4.79 Å². The molecule has 6 nitrogen and oxygen atoms in total. The second-order valence-electron chi connectivity index (χ2n) is 5.61. The molecule has 24 heavy (non-hydrogen) atoms. The van der Waals surface area contributed by atoms with Gasteiger partial charge in [0.1, 0.15) is 10.8 Å². The molecule has 2 amide bonds. The SMILES string of the molecule is O=C(NCc1nccs1)Nc1c2c(nn1-c1ccccc1)CCC2. The maximum Gasteiger partial charge on any atom is 0.320 e. The number of fused-ring (bicyclic) bond motifs is 1. The molecule has 1 aliphatic rings. The first kappa shape index (κ1) is 14.9. The highest BCUT2D eigenvalue weighted by atomic mass is 32.1. The number of amides is 2. The lowest BCUT2D eigenvalue weighted by Crippen LogP contribution is -2.29. The van der Waals surface area contributed by atoms with Gasteiger partial charge < -0.3 is 5.32 Å². The molecule has 0 radical (unpaired) electrons. The maximum atomic E-state index is 12.3. The number of aromatic nitrogens is 3. The normalized spacial score (nSPS) is 12.8. The van der Waals surface area contributed by atoms with Gasteiger partial charge in [0.05, 0.1) is 17.9 Å². The Hall–Kier alpha value is -2.67. The van der Waals surface area contributed by atoms with E-state index in [0.717, 1.165) is 47.0 Å². The molecule has 0 spiro atoms. The molecule has 3 aromatic rings. The second kappa shape index (κ2) is 6.45. The number of hydrogen-bond donors (Lipinski definition) is 2. The third kappa shape index (κ3) is 2.90. The highest BCUT2D eigenvalue weighted by Crippen LogP contribution is 2.30. The Labute approximate surface area is 143 Å². The summed E-state index contributed by atoms with van der Waals surface area (Å²) in [5.41, 5.74) is 3.17. The Bertz CT molecular complexity index is 842. The van der Waals surface area contributed by atoms with Crippen molar-refractivity contribution in [2.24, 2.45) is 0 Å². The second-order valence-corrected chi connectivity index (χ2v) is 6.59. The third-order valence-electron chi connectivity index (χ3n) is 4.02. The van der Waals surface area contributed by atoms with Crippen LogP contribution in [0, 0.1) is 0 Å². The first-order valence-electron chi connectivity index (χ1n) is 7.90. The largest absolute Gasteiger partial charge is 0.331 e. The van der Waals surface area contributed by atoms with E-state index in [2.05, 4.69) is 20.7 Å². The minimum atomic E-state index is -0.239. The Balaban J connectivity index is 1.56. The van der Waals surface area contributed by atoms with Crippen molar-refractivity contribution in [3.63, 3.8) is 0 Å². The Morgan fingerprint density at radius 1 is 1.25 bits per heavy atom. The molecule has 1 aliphatic carbocycles. The van der Waals surface area contributed by atoms with Gasteiger partial charge in [0.2, 0.25) is 0 Å². The first-order chi connectivity index (χ1) is 11.8. The summed E-state index contributed by atoms with van der Waals surface area (Å²) in [5, 5.41) is 13.3. The van der Waals surface area contributed by atoms with Gasteiger partial charge in [0.15, 0.2) is 0 Å². The highest BCUT2D eigenvalue weighted by molar-refractivity contribution is 7.09. The Morgan fingerprint density at radius 3 is 2.92 bits per heavy atom. The lowest BCUT2D eigenvalue weighted by Gasteiger charge is -2.11. The minimum Gasteiger partial charge on any atom is -0.331 e. The molecule has 0 aliphatic heterocycles. The molecule has 2 heterocycles. The lowest BCUT2D eigenvalue weighted by molar-refractivity contribution is 0.251. The van der Waals surface area contributed by atoms with E-state index >= 15 is 0 Å². The highest BCUT2D eigenvalue weighted by Gasteiger charge is 2.24. The van der Waals surface area contributed by atoms with E-state index in [4.69, 9.17) is 0 Å². The van der Waals surface area contributed by atoms with Crippen molar-refractivity contribution in [1.29, 1.82) is 0 Å². The summed E-state index contributed by atoms with van der Waals surface area (Å²) in [7, 11) is 0. The molecular formula is C17H17N5OS. The third-order valence-corrected chi connectivity index (χ3v) is 4.80. The van der Waals surface area contributed by atoms with Gasteiger partial charge in [-0.05, 0) is 31.4 Å². The lowest BCUT2D eigenvalue weighted by atomic mass is 10.2. The minimum absolute atomic E-state index is 0.239. The quantitative estimate of drug-likeness (QED) is 0.767.